The Morgan fingerprint density at radius 2 is 1.19 bits per heavy atom. The Bertz CT molecular complexity index is 1720. The van der Waals surface area contributed by atoms with Crippen LogP contribution in [0.3, 0.4) is 0 Å². The number of halogens is 1. The van der Waals surface area contributed by atoms with Gasteiger partial charge in [-0.1, -0.05) is 66.7 Å². The van der Waals surface area contributed by atoms with Crippen LogP contribution in [0.25, 0.3) is 33.3 Å². The number of fused-ring (bicyclic) bond motifs is 3. The summed E-state index contributed by atoms with van der Waals surface area (Å²) in [5.41, 5.74) is 7.51. The second-order valence-electron chi connectivity index (χ2n) is 8.97. The summed E-state index contributed by atoms with van der Waals surface area (Å²) < 4.78 is 20.0. The molecule has 0 N–H and O–H groups in total. The number of rotatable bonds is 3. The molecule has 7 rings (SSSR count). The molecule has 0 atom stereocenters. The lowest BCUT2D eigenvalue weighted by Crippen LogP contribution is -2.16. The van der Waals surface area contributed by atoms with Gasteiger partial charge in [0.25, 0.3) is 0 Å². The highest BCUT2D eigenvalue weighted by molar-refractivity contribution is 6.05. The molecule has 37 heavy (non-hydrogen) atoms. The summed E-state index contributed by atoms with van der Waals surface area (Å²) in [4.78, 5) is 7.39. The summed E-state index contributed by atoms with van der Waals surface area (Å²) in [7, 11) is 0. The molecule has 0 fully saturated rings. The molecule has 0 amide bonds. The number of hydrogen-bond donors (Lipinski definition) is 0. The van der Waals surface area contributed by atoms with Gasteiger partial charge in [-0.25, -0.2) is 9.37 Å². The Morgan fingerprint density at radius 1 is 0.568 bits per heavy atom. The topological polar surface area (TPSA) is 25.4 Å². The molecule has 0 spiro atoms. The van der Waals surface area contributed by atoms with Gasteiger partial charge >= 0.3 is 0 Å². The maximum atomic E-state index is 13.7. The van der Waals surface area contributed by atoms with Gasteiger partial charge in [0.1, 0.15) is 5.82 Å². The van der Waals surface area contributed by atoms with Gasteiger partial charge in [-0.05, 0) is 71.8 Å². The van der Waals surface area contributed by atoms with Crippen LogP contribution in [0.5, 0.6) is 11.5 Å². The number of hydrogen-bond acceptors (Lipinski definition) is 3. The molecule has 3 nitrogen and oxygen atoms in total. The number of ether oxygens (including phenoxy) is 1. The number of pyridine rings is 1. The van der Waals surface area contributed by atoms with E-state index >= 15 is 0 Å². The molecule has 0 saturated heterocycles. The highest BCUT2D eigenvalue weighted by Gasteiger charge is 2.27. The second-order valence-corrected chi connectivity index (χ2v) is 8.97. The van der Waals surface area contributed by atoms with Crippen molar-refractivity contribution in [1.82, 2.24) is 4.98 Å². The second kappa shape index (κ2) is 8.61. The lowest BCUT2D eigenvalue weighted by atomic mass is 9.97. The minimum atomic E-state index is -0.268. The van der Waals surface area contributed by atoms with Crippen LogP contribution in [0.4, 0.5) is 21.5 Å². The molecule has 1 aliphatic rings. The molecular formula is C33H21FN2O. The zero-order valence-corrected chi connectivity index (χ0v) is 19.8. The molecule has 0 unspecified atom stereocenters. The number of benzene rings is 5. The third-order valence-corrected chi connectivity index (χ3v) is 6.72. The molecule has 0 radical (unpaired) electrons. The number of aromatic nitrogens is 1. The Labute approximate surface area is 214 Å². The van der Waals surface area contributed by atoms with Crippen LogP contribution in [0.2, 0.25) is 0 Å². The van der Waals surface area contributed by atoms with E-state index in [0.29, 0.717) is 0 Å². The van der Waals surface area contributed by atoms with Crippen LogP contribution in [-0.2, 0) is 0 Å². The van der Waals surface area contributed by atoms with E-state index in [1.807, 2.05) is 54.6 Å². The van der Waals surface area contributed by atoms with E-state index in [9.17, 15) is 4.39 Å². The first-order valence-corrected chi connectivity index (χ1v) is 12.2. The average Bonchev–Trinajstić information content (AvgIpc) is 2.96. The van der Waals surface area contributed by atoms with E-state index in [2.05, 4.69) is 53.4 Å². The van der Waals surface area contributed by atoms with Gasteiger partial charge in [0.15, 0.2) is 11.5 Å². The first-order chi connectivity index (χ1) is 18.3. The molecule has 5 aromatic carbocycles. The van der Waals surface area contributed by atoms with Gasteiger partial charge in [0, 0.05) is 10.9 Å². The van der Waals surface area contributed by atoms with E-state index < -0.39 is 0 Å². The van der Waals surface area contributed by atoms with Crippen LogP contribution >= 0.6 is 0 Å². The van der Waals surface area contributed by atoms with Crippen molar-refractivity contribution in [3.8, 4) is 33.9 Å². The van der Waals surface area contributed by atoms with E-state index in [0.717, 1.165) is 61.8 Å². The van der Waals surface area contributed by atoms with Crippen molar-refractivity contribution in [2.24, 2.45) is 0 Å². The molecule has 176 valence electrons. The zero-order chi connectivity index (χ0) is 24.8. The summed E-state index contributed by atoms with van der Waals surface area (Å²) in [5, 5.41) is 1.04. The minimum absolute atomic E-state index is 0.268. The SMILES string of the molecule is Fc1ccc(-c2cc(-c3ccccc3)c3cccc(N4c5ccccc5Oc5ccccc54)c3n2)cc1. The Morgan fingerprint density at radius 3 is 1.89 bits per heavy atom. The van der Waals surface area contributed by atoms with E-state index in [1.54, 1.807) is 12.1 Å². The molecule has 0 saturated carbocycles. The Kier molecular flexibility index (Phi) is 4.96. The van der Waals surface area contributed by atoms with Crippen LogP contribution in [0, 0.1) is 5.82 Å². The summed E-state index contributed by atoms with van der Waals surface area (Å²) in [6.45, 7) is 0. The van der Waals surface area contributed by atoms with E-state index in [1.165, 1.54) is 12.1 Å². The molecule has 1 aliphatic heterocycles. The van der Waals surface area contributed by atoms with Gasteiger partial charge < -0.3 is 9.64 Å². The standard InChI is InChI=1S/C33H21FN2O/c34-24-19-17-23(18-20-24)27-21-26(22-9-2-1-3-10-22)25-11-8-14-30(33(25)35-27)36-28-12-4-6-15-31(28)37-32-16-7-5-13-29(32)36/h1-21H. The van der Waals surface area contributed by atoms with Gasteiger partial charge in [-0.3, -0.25) is 0 Å². The van der Waals surface area contributed by atoms with Crippen LogP contribution in [-0.4, -0.2) is 4.98 Å². The predicted molar refractivity (Wildman–Crippen MR) is 147 cm³/mol. The summed E-state index contributed by atoms with van der Waals surface area (Å²) >= 11 is 0. The highest BCUT2D eigenvalue weighted by Crippen LogP contribution is 2.51. The van der Waals surface area contributed by atoms with Crippen molar-refractivity contribution < 1.29 is 9.13 Å². The largest absolute Gasteiger partial charge is 0.453 e. The van der Waals surface area contributed by atoms with Gasteiger partial charge in [-0.15, -0.1) is 0 Å². The van der Waals surface area contributed by atoms with E-state index in [-0.39, 0.29) is 5.82 Å². The fourth-order valence-electron chi connectivity index (χ4n) is 5.00. The molecule has 6 aromatic rings. The summed E-state index contributed by atoms with van der Waals surface area (Å²) in [6.07, 6.45) is 0. The lowest BCUT2D eigenvalue weighted by molar-refractivity contribution is 0.477. The fourth-order valence-corrected chi connectivity index (χ4v) is 5.00. The summed E-state index contributed by atoms with van der Waals surface area (Å²) in [6, 6.07) is 41.3. The molecular weight excluding hydrogens is 459 g/mol. The highest BCUT2D eigenvalue weighted by atomic mass is 19.1. The Balaban J connectivity index is 1.55. The number of nitrogens with zero attached hydrogens (tertiary/aromatic N) is 2. The lowest BCUT2D eigenvalue weighted by Gasteiger charge is -2.33. The average molecular weight is 481 g/mol. The van der Waals surface area contributed by atoms with Crippen molar-refractivity contribution in [3.63, 3.8) is 0 Å². The van der Waals surface area contributed by atoms with Crippen LogP contribution < -0.4 is 9.64 Å². The minimum Gasteiger partial charge on any atom is -0.453 e. The third-order valence-electron chi connectivity index (χ3n) is 6.72. The predicted octanol–water partition coefficient (Wildman–Crippen LogP) is 9.28. The molecule has 0 aliphatic carbocycles. The van der Waals surface area contributed by atoms with Crippen molar-refractivity contribution in [3.05, 3.63) is 133 Å². The van der Waals surface area contributed by atoms with Crippen molar-refractivity contribution >= 4 is 28.0 Å². The quantitative estimate of drug-likeness (QED) is 0.252. The third kappa shape index (κ3) is 3.62. The van der Waals surface area contributed by atoms with Crippen LogP contribution in [0.1, 0.15) is 0 Å². The normalized spacial score (nSPS) is 12.1. The maximum absolute atomic E-state index is 13.7. The molecule has 0 bridgehead atoms. The monoisotopic (exact) mass is 480 g/mol. The number of para-hydroxylation sites is 5. The van der Waals surface area contributed by atoms with Crippen molar-refractivity contribution in [2.75, 3.05) is 4.90 Å². The summed E-state index contributed by atoms with van der Waals surface area (Å²) in [5.74, 6) is 1.31. The molecule has 4 heteroatoms. The number of anilines is 3. The van der Waals surface area contributed by atoms with Crippen molar-refractivity contribution in [1.29, 1.82) is 0 Å². The van der Waals surface area contributed by atoms with Gasteiger partial charge in [-0.2, -0.15) is 0 Å². The first-order valence-electron chi connectivity index (χ1n) is 12.2. The van der Waals surface area contributed by atoms with Gasteiger partial charge in [0.05, 0.1) is 28.3 Å². The molecule has 2 heterocycles. The maximum Gasteiger partial charge on any atom is 0.151 e. The van der Waals surface area contributed by atoms with Crippen LogP contribution in [0.15, 0.2) is 127 Å². The Hall–Kier alpha value is -4.96. The zero-order valence-electron chi connectivity index (χ0n) is 19.8. The van der Waals surface area contributed by atoms with E-state index in [4.69, 9.17) is 9.72 Å². The van der Waals surface area contributed by atoms with Gasteiger partial charge in [0.2, 0.25) is 0 Å². The molecule has 1 aromatic heterocycles. The fraction of sp³-hybridized carbons (Fsp3) is 0. The van der Waals surface area contributed by atoms with Crippen molar-refractivity contribution in [2.45, 2.75) is 0 Å². The smallest absolute Gasteiger partial charge is 0.151 e. The first kappa shape index (κ1) is 21.3.